The number of rotatable bonds is 4. The van der Waals surface area contributed by atoms with Crippen molar-refractivity contribution in [3.8, 4) is 0 Å². The first-order valence-corrected chi connectivity index (χ1v) is 8.29. The van der Waals surface area contributed by atoms with E-state index in [1.807, 2.05) is 24.0 Å². The maximum absolute atomic E-state index is 12.6. The van der Waals surface area contributed by atoms with Crippen LogP contribution in [0.25, 0.3) is 0 Å². The lowest BCUT2D eigenvalue weighted by Crippen LogP contribution is -2.63. The number of pyridine rings is 1. The largest absolute Gasteiger partial charge is 0.392 e. The Bertz CT molecular complexity index is 570. The van der Waals surface area contributed by atoms with E-state index in [0.717, 1.165) is 18.5 Å². The lowest BCUT2D eigenvalue weighted by atomic mass is 9.58. The van der Waals surface area contributed by atoms with E-state index >= 15 is 0 Å². The molecule has 2 heterocycles. The third-order valence-corrected chi connectivity index (χ3v) is 5.27. The monoisotopic (exact) mass is 319 g/mol. The van der Waals surface area contributed by atoms with Crippen molar-refractivity contribution in [1.82, 2.24) is 9.88 Å². The summed E-state index contributed by atoms with van der Waals surface area (Å²) >= 11 is 0. The smallest absolute Gasteiger partial charge is 0.272 e. The van der Waals surface area contributed by atoms with E-state index < -0.39 is 0 Å². The Labute approximate surface area is 136 Å². The third-order valence-electron chi connectivity index (χ3n) is 5.27. The van der Waals surface area contributed by atoms with Crippen LogP contribution in [0.2, 0.25) is 0 Å². The van der Waals surface area contributed by atoms with Gasteiger partial charge in [0.1, 0.15) is 5.69 Å². The van der Waals surface area contributed by atoms with Crippen LogP contribution in [0.1, 0.15) is 35.4 Å². The van der Waals surface area contributed by atoms with Crippen LogP contribution in [-0.2, 0) is 4.74 Å². The summed E-state index contributed by atoms with van der Waals surface area (Å²) in [6, 6.07) is 5.49. The number of nitrogens with two attached hydrogens (primary N) is 1. The molecule has 2 atom stereocenters. The molecule has 2 fully saturated rings. The molecule has 3 rings (SSSR count). The molecule has 1 aromatic heterocycles. The molecule has 1 amide bonds. The first-order valence-electron chi connectivity index (χ1n) is 8.29. The van der Waals surface area contributed by atoms with Gasteiger partial charge in [0.05, 0.1) is 18.8 Å². The quantitative estimate of drug-likeness (QED) is 0.854. The van der Waals surface area contributed by atoms with Gasteiger partial charge >= 0.3 is 0 Å². The number of aliphatic hydroxyl groups excluding tert-OH is 1. The van der Waals surface area contributed by atoms with Gasteiger partial charge < -0.3 is 20.5 Å². The second-order valence-electron chi connectivity index (χ2n) is 6.59. The van der Waals surface area contributed by atoms with Gasteiger partial charge in [-0.25, -0.2) is 4.98 Å². The highest BCUT2D eigenvalue weighted by Crippen LogP contribution is 2.51. The normalized spacial score (nSPS) is 26.1. The molecule has 1 saturated carbocycles. The molecule has 0 bridgehead atoms. The molecule has 1 spiro atoms. The second kappa shape index (κ2) is 6.55. The van der Waals surface area contributed by atoms with Crippen LogP contribution in [0.3, 0.4) is 0 Å². The summed E-state index contributed by atoms with van der Waals surface area (Å²) in [5, 5.41) is 10.2. The molecule has 1 saturated heterocycles. The fourth-order valence-electron chi connectivity index (χ4n) is 3.78. The highest BCUT2D eigenvalue weighted by Gasteiger charge is 2.56. The van der Waals surface area contributed by atoms with E-state index in [2.05, 4.69) is 4.98 Å². The van der Waals surface area contributed by atoms with Gasteiger partial charge in [0.2, 0.25) is 0 Å². The van der Waals surface area contributed by atoms with Crippen LogP contribution in [0, 0.1) is 12.3 Å². The average Bonchev–Trinajstić information content (AvgIpc) is 2.58. The number of hydrogen-bond donors (Lipinski definition) is 2. The number of likely N-dealkylation sites (tertiary alicyclic amines) is 1. The van der Waals surface area contributed by atoms with E-state index in [1.165, 1.54) is 0 Å². The number of ether oxygens (including phenoxy) is 1. The molecular formula is C17H25N3O3. The van der Waals surface area contributed by atoms with Crippen molar-refractivity contribution in [3.63, 3.8) is 0 Å². The Morgan fingerprint density at radius 2 is 2.22 bits per heavy atom. The van der Waals surface area contributed by atoms with Gasteiger partial charge in [-0.3, -0.25) is 4.79 Å². The number of nitrogens with zero attached hydrogens (tertiary/aromatic N) is 2. The highest BCUT2D eigenvalue weighted by atomic mass is 16.5. The van der Waals surface area contributed by atoms with Gasteiger partial charge in [0.25, 0.3) is 5.91 Å². The average molecular weight is 319 g/mol. The molecule has 126 valence electrons. The van der Waals surface area contributed by atoms with Crippen molar-refractivity contribution in [2.75, 3.05) is 26.2 Å². The van der Waals surface area contributed by atoms with E-state index in [0.29, 0.717) is 38.4 Å². The summed E-state index contributed by atoms with van der Waals surface area (Å²) in [6.45, 7) is 4.16. The molecule has 0 unspecified atom stereocenters. The molecule has 2 aliphatic rings. The predicted molar refractivity (Wildman–Crippen MR) is 86.0 cm³/mol. The van der Waals surface area contributed by atoms with Crippen LogP contribution in [-0.4, -0.2) is 59.3 Å². The summed E-state index contributed by atoms with van der Waals surface area (Å²) in [4.78, 5) is 18.7. The highest BCUT2D eigenvalue weighted by molar-refractivity contribution is 5.92. The molecule has 0 radical (unpaired) electrons. The lowest BCUT2D eigenvalue weighted by molar-refractivity contribution is -0.208. The fraction of sp³-hybridized carbons (Fsp3) is 0.647. The fourth-order valence-corrected chi connectivity index (χ4v) is 3.78. The molecule has 23 heavy (non-hydrogen) atoms. The topological polar surface area (TPSA) is 88.7 Å². The van der Waals surface area contributed by atoms with Crippen molar-refractivity contribution >= 4 is 5.91 Å². The van der Waals surface area contributed by atoms with Gasteiger partial charge in [-0.15, -0.1) is 0 Å². The van der Waals surface area contributed by atoms with E-state index in [1.54, 1.807) is 6.07 Å². The number of carbonyl (C=O) groups excluding carboxylic acids is 1. The van der Waals surface area contributed by atoms with Crippen LogP contribution in [0.5, 0.6) is 0 Å². The standard InChI is InChI=1S/C17H25N3O3/c1-12-3-2-4-13(19-12)16(22)20-8-5-17(6-9-20)14(21)11-15(17)23-10-7-18/h2-4,14-15,21H,5-11,18H2,1H3/t14-,15+/m1/s1. The Morgan fingerprint density at radius 1 is 1.48 bits per heavy atom. The zero-order valence-corrected chi connectivity index (χ0v) is 13.6. The number of hydrogen-bond acceptors (Lipinski definition) is 5. The van der Waals surface area contributed by atoms with Gasteiger partial charge in [-0.1, -0.05) is 6.07 Å². The molecule has 0 aromatic carbocycles. The van der Waals surface area contributed by atoms with Crippen LogP contribution < -0.4 is 5.73 Å². The second-order valence-corrected chi connectivity index (χ2v) is 6.59. The summed E-state index contributed by atoms with van der Waals surface area (Å²) < 4.78 is 5.79. The molecule has 1 aliphatic carbocycles. The Kier molecular flexibility index (Phi) is 4.66. The molecule has 1 aliphatic heterocycles. The minimum absolute atomic E-state index is 0.0308. The Hall–Kier alpha value is -1.50. The number of aliphatic hydroxyl groups is 1. The van der Waals surface area contributed by atoms with Crippen molar-refractivity contribution < 1.29 is 14.6 Å². The van der Waals surface area contributed by atoms with Crippen LogP contribution >= 0.6 is 0 Å². The van der Waals surface area contributed by atoms with Crippen molar-refractivity contribution in [2.24, 2.45) is 11.1 Å². The first kappa shape index (κ1) is 16.4. The van der Waals surface area contributed by atoms with Gasteiger partial charge in [-0.05, 0) is 31.9 Å². The Balaban J connectivity index is 1.63. The van der Waals surface area contributed by atoms with Crippen LogP contribution in [0.4, 0.5) is 0 Å². The maximum Gasteiger partial charge on any atom is 0.272 e. The number of carbonyl (C=O) groups is 1. The zero-order chi connectivity index (χ0) is 16.4. The molecule has 1 aromatic rings. The maximum atomic E-state index is 12.6. The molecule has 3 N–H and O–H groups in total. The van der Waals surface area contributed by atoms with E-state index in [4.69, 9.17) is 10.5 Å². The summed E-state index contributed by atoms with van der Waals surface area (Å²) in [6.07, 6.45) is 1.94. The first-order chi connectivity index (χ1) is 11.1. The SMILES string of the molecule is Cc1cccc(C(=O)N2CCC3(CC2)[C@H](O)C[C@@H]3OCCN)n1. The molecule has 6 heteroatoms. The zero-order valence-electron chi connectivity index (χ0n) is 13.6. The van der Waals surface area contributed by atoms with Crippen molar-refractivity contribution in [3.05, 3.63) is 29.6 Å². The minimum Gasteiger partial charge on any atom is -0.392 e. The van der Waals surface area contributed by atoms with Gasteiger partial charge in [0.15, 0.2) is 0 Å². The summed E-state index contributed by atoms with van der Waals surface area (Å²) in [5.74, 6) is -0.0308. The van der Waals surface area contributed by atoms with Gasteiger partial charge in [-0.2, -0.15) is 0 Å². The third kappa shape index (κ3) is 2.98. The van der Waals surface area contributed by atoms with Crippen molar-refractivity contribution in [2.45, 2.75) is 38.4 Å². The predicted octanol–water partition coefficient (Wildman–Crippen LogP) is 0.721. The number of piperidine rings is 1. The van der Waals surface area contributed by atoms with Crippen molar-refractivity contribution in [1.29, 1.82) is 0 Å². The number of aryl methyl sites for hydroxylation is 1. The Morgan fingerprint density at radius 3 is 2.83 bits per heavy atom. The number of amides is 1. The summed E-state index contributed by atoms with van der Waals surface area (Å²) in [7, 11) is 0. The van der Waals surface area contributed by atoms with Gasteiger partial charge in [0, 0.05) is 37.2 Å². The number of aromatic nitrogens is 1. The van der Waals surface area contributed by atoms with E-state index in [9.17, 15) is 9.90 Å². The minimum atomic E-state index is -0.334. The lowest BCUT2D eigenvalue weighted by Gasteiger charge is -2.56. The van der Waals surface area contributed by atoms with Crippen LogP contribution in [0.15, 0.2) is 18.2 Å². The summed E-state index contributed by atoms with van der Waals surface area (Å²) in [5.41, 5.74) is 6.63. The molecule has 6 nitrogen and oxygen atoms in total. The van der Waals surface area contributed by atoms with E-state index in [-0.39, 0.29) is 23.5 Å². The molecular weight excluding hydrogens is 294 g/mol.